The number of imidazole rings is 1. The Balaban J connectivity index is 0.926. The number of hydrogen-bond donors (Lipinski definition) is 3. The fourth-order valence-corrected chi connectivity index (χ4v) is 10.4. The molecular weight excluding hydrogens is 840 g/mol. The zero-order chi connectivity index (χ0) is 43.9. The molecule has 5 aromatic rings. The third kappa shape index (κ3) is 9.71. The molecule has 0 bridgehead atoms. The van der Waals surface area contributed by atoms with Gasteiger partial charge in [0.25, 0.3) is 21.6 Å². The van der Waals surface area contributed by atoms with Gasteiger partial charge in [-0.05, 0) is 110 Å². The Morgan fingerprint density at radius 1 is 0.952 bits per heavy atom. The van der Waals surface area contributed by atoms with Crippen molar-refractivity contribution >= 4 is 61.2 Å². The third-order valence-electron chi connectivity index (χ3n) is 13.0. The van der Waals surface area contributed by atoms with E-state index in [1.165, 1.54) is 41.7 Å². The fourth-order valence-electron chi connectivity index (χ4n) is 9.27. The van der Waals surface area contributed by atoms with Gasteiger partial charge in [-0.3, -0.25) is 19.8 Å². The third-order valence-corrected chi connectivity index (χ3v) is 14.6. The quantitative estimate of drug-likeness (QED) is 0.0764. The number of aromatic nitrogens is 2. The van der Waals surface area contributed by atoms with E-state index in [1.807, 2.05) is 18.2 Å². The number of nitrogens with one attached hydrogen (secondary N) is 3. The number of carbonyl (C=O) groups excluding carboxylic acids is 1. The van der Waals surface area contributed by atoms with Crippen molar-refractivity contribution < 1.29 is 22.9 Å². The molecule has 63 heavy (non-hydrogen) atoms. The van der Waals surface area contributed by atoms with Crippen LogP contribution in [0.5, 0.6) is 11.5 Å². The standard InChI is InChI=1S/C47H53ClN8O6S/c1-47(2)19-16-32(39(28-47)31-6-8-33(48)9-7-31)29-53-22-24-55(25-23-53)36-12-14-38(44(26-36)62-43-5-3-4-41-45(43)50-30-49-41)46(57)52-63(60,61)37-13-15-40(42(27-37)56(58)59)51-34-17-20-54(21-18-34)35-10-11-35/h3-9,12-15,26-27,30,34-35,51H,10-11,16-25,28-29H2,1-2H3,(H,49,50)(H,52,57). The topological polar surface area (TPSA) is 166 Å². The molecule has 0 atom stereocenters. The van der Waals surface area contributed by atoms with Gasteiger partial charge in [0.2, 0.25) is 0 Å². The molecule has 0 spiro atoms. The van der Waals surface area contributed by atoms with Crippen LogP contribution in [0.2, 0.25) is 5.02 Å². The summed E-state index contributed by atoms with van der Waals surface area (Å²) in [6.07, 6.45) is 8.87. The molecule has 3 N–H and O–H groups in total. The summed E-state index contributed by atoms with van der Waals surface area (Å²) in [6, 6.07) is 23.1. The summed E-state index contributed by atoms with van der Waals surface area (Å²) in [6.45, 7) is 10.5. The maximum atomic E-state index is 14.0. The first-order chi connectivity index (χ1) is 30.3. The number of nitro groups is 1. The van der Waals surface area contributed by atoms with Gasteiger partial charge in [-0.15, -0.1) is 0 Å². The number of sulfonamides is 1. The number of H-pyrrole nitrogens is 1. The largest absolute Gasteiger partial charge is 0.454 e. The number of ether oxygens (including phenoxy) is 1. The molecule has 4 aliphatic rings. The summed E-state index contributed by atoms with van der Waals surface area (Å²) >= 11 is 6.25. The van der Waals surface area contributed by atoms with E-state index in [9.17, 15) is 23.3 Å². The minimum absolute atomic E-state index is 0.0271. The van der Waals surface area contributed by atoms with Crippen LogP contribution in [-0.2, 0) is 10.0 Å². The Bertz CT molecular complexity index is 2670. The van der Waals surface area contributed by atoms with Crippen molar-refractivity contribution in [1.29, 1.82) is 0 Å². The number of rotatable bonds is 13. The Morgan fingerprint density at radius 3 is 2.44 bits per heavy atom. The predicted octanol–water partition coefficient (Wildman–Crippen LogP) is 8.86. The molecule has 1 aromatic heterocycles. The SMILES string of the molecule is CC1(C)CCC(CN2CCN(c3ccc(C(=O)NS(=O)(=O)c4ccc(NC5CCN(C6CC6)CC5)c([N+](=O)[O-])c4)c(Oc4cccc5[nH]cnc45)c3)CC2)=C(c2ccc(Cl)cc2)C1. The van der Waals surface area contributed by atoms with Gasteiger partial charge in [0, 0.05) is 80.7 Å². The number of benzene rings is 4. The van der Waals surface area contributed by atoms with Crippen molar-refractivity contribution in [3.63, 3.8) is 0 Å². The van der Waals surface area contributed by atoms with Gasteiger partial charge < -0.3 is 24.8 Å². The molecule has 330 valence electrons. The second kappa shape index (κ2) is 17.6. The average molecular weight is 894 g/mol. The van der Waals surface area contributed by atoms with Gasteiger partial charge in [-0.2, -0.15) is 0 Å². The summed E-state index contributed by atoms with van der Waals surface area (Å²) in [5, 5.41) is 16.2. The van der Waals surface area contributed by atoms with E-state index in [0.29, 0.717) is 17.3 Å². The van der Waals surface area contributed by atoms with E-state index in [2.05, 4.69) is 60.7 Å². The first-order valence-corrected chi connectivity index (χ1v) is 23.7. The number of piperidine rings is 1. The first-order valence-electron chi connectivity index (χ1n) is 21.8. The second-order valence-electron chi connectivity index (χ2n) is 18.1. The van der Waals surface area contributed by atoms with Crippen molar-refractivity contribution in [3.8, 4) is 11.5 Å². The second-order valence-corrected chi connectivity index (χ2v) is 20.2. The van der Waals surface area contributed by atoms with Crippen molar-refractivity contribution in [2.75, 3.05) is 56.0 Å². The normalized spacial score (nSPS) is 19.0. The number of hydrogen-bond acceptors (Lipinski definition) is 11. The lowest BCUT2D eigenvalue weighted by Crippen LogP contribution is -2.47. The number of aromatic amines is 1. The van der Waals surface area contributed by atoms with E-state index < -0.39 is 25.7 Å². The number of carbonyl (C=O) groups is 1. The van der Waals surface area contributed by atoms with Gasteiger partial charge in [-0.25, -0.2) is 18.1 Å². The molecule has 0 unspecified atom stereocenters. The molecular formula is C47H53ClN8O6S. The number of halogens is 1. The van der Waals surface area contributed by atoms with Crippen LogP contribution in [0, 0.1) is 15.5 Å². The predicted molar refractivity (Wildman–Crippen MR) is 246 cm³/mol. The van der Waals surface area contributed by atoms with E-state index in [0.717, 1.165) is 100 Å². The zero-order valence-corrected chi connectivity index (χ0v) is 37.2. The highest BCUT2D eigenvalue weighted by Gasteiger charge is 2.34. The summed E-state index contributed by atoms with van der Waals surface area (Å²) in [5.74, 6) is -0.424. The van der Waals surface area contributed by atoms with Crippen molar-refractivity contribution in [2.45, 2.75) is 75.8 Å². The smallest absolute Gasteiger partial charge is 0.293 e. The van der Waals surface area contributed by atoms with Crippen molar-refractivity contribution in [3.05, 3.63) is 117 Å². The highest BCUT2D eigenvalue weighted by Crippen LogP contribution is 2.44. The molecule has 2 aliphatic carbocycles. The number of para-hydroxylation sites is 1. The summed E-state index contributed by atoms with van der Waals surface area (Å²) in [4.78, 5) is 39.9. The highest BCUT2D eigenvalue weighted by molar-refractivity contribution is 7.90. The van der Waals surface area contributed by atoms with Gasteiger partial charge >= 0.3 is 0 Å². The number of nitrogens with zero attached hydrogens (tertiary/aromatic N) is 5. The summed E-state index contributed by atoms with van der Waals surface area (Å²) in [7, 11) is -4.55. The molecule has 16 heteroatoms. The number of likely N-dealkylation sites (tertiary alicyclic amines) is 1. The summed E-state index contributed by atoms with van der Waals surface area (Å²) < 4.78 is 36.1. The van der Waals surface area contributed by atoms with Crippen LogP contribution in [0.1, 0.15) is 74.7 Å². The lowest BCUT2D eigenvalue weighted by atomic mass is 9.72. The first kappa shape index (κ1) is 42.8. The summed E-state index contributed by atoms with van der Waals surface area (Å²) in [5.41, 5.74) is 6.27. The Morgan fingerprint density at radius 2 is 1.71 bits per heavy atom. The molecule has 1 amide bonds. The highest BCUT2D eigenvalue weighted by atomic mass is 35.5. The van der Waals surface area contributed by atoms with Crippen LogP contribution >= 0.6 is 11.6 Å². The van der Waals surface area contributed by atoms with Crippen LogP contribution < -0.4 is 19.7 Å². The number of amides is 1. The van der Waals surface area contributed by atoms with E-state index in [1.54, 1.807) is 36.7 Å². The molecule has 1 saturated carbocycles. The van der Waals surface area contributed by atoms with Crippen LogP contribution in [0.15, 0.2) is 95.7 Å². The van der Waals surface area contributed by atoms with Gasteiger partial charge in [0.15, 0.2) is 5.75 Å². The van der Waals surface area contributed by atoms with Crippen molar-refractivity contribution in [1.82, 2.24) is 24.5 Å². The van der Waals surface area contributed by atoms with Crippen LogP contribution in [0.4, 0.5) is 17.1 Å². The number of fused-ring (bicyclic) bond motifs is 1. The van der Waals surface area contributed by atoms with Crippen LogP contribution in [-0.4, -0.2) is 96.9 Å². The monoisotopic (exact) mass is 892 g/mol. The van der Waals surface area contributed by atoms with Crippen LogP contribution in [0.25, 0.3) is 16.6 Å². The molecule has 14 nitrogen and oxygen atoms in total. The molecule has 9 rings (SSSR count). The van der Waals surface area contributed by atoms with Crippen LogP contribution in [0.3, 0.4) is 0 Å². The minimum Gasteiger partial charge on any atom is -0.454 e. The minimum atomic E-state index is -4.55. The molecule has 0 radical (unpaired) electrons. The number of allylic oxidation sites excluding steroid dienone is 1. The van der Waals surface area contributed by atoms with Crippen molar-refractivity contribution in [2.24, 2.45) is 5.41 Å². The Labute approximate surface area is 372 Å². The van der Waals surface area contributed by atoms with E-state index >= 15 is 0 Å². The lowest BCUT2D eigenvalue weighted by molar-refractivity contribution is -0.384. The molecule has 2 aliphatic heterocycles. The molecule has 3 fully saturated rings. The number of nitro benzene ring substituents is 1. The number of piperazine rings is 1. The Hall–Kier alpha value is -5.48. The molecule has 4 aromatic carbocycles. The molecule has 3 heterocycles. The van der Waals surface area contributed by atoms with Gasteiger partial charge in [0.05, 0.1) is 27.2 Å². The van der Waals surface area contributed by atoms with E-state index in [-0.39, 0.29) is 34.1 Å². The maximum Gasteiger partial charge on any atom is 0.293 e. The zero-order valence-electron chi connectivity index (χ0n) is 35.6. The number of anilines is 2. The lowest BCUT2D eigenvalue weighted by Gasteiger charge is -2.39. The maximum absolute atomic E-state index is 14.0. The Kier molecular flexibility index (Phi) is 12.0. The fraction of sp³-hybridized carbons (Fsp3) is 0.404. The van der Waals surface area contributed by atoms with E-state index in [4.69, 9.17) is 16.3 Å². The molecule has 2 saturated heterocycles. The van der Waals surface area contributed by atoms with Gasteiger partial charge in [0.1, 0.15) is 17.0 Å². The van der Waals surface area contributed by atoms with Gasteiger partial charge in [-0.1, -0.05) is 49.2 Å². The average Bonchev–Trinajstić information content (AvgIpc) is 4.00.